The predicted molar refractivity (Wildman–Crippen MR) is 73.8 cm³/mol. The number of aromatic nitrogens is 1. The van der Waals surface area contributed by atoms with Crippen molar-refractivity contribution < 1.29 is 28.4 Å². The van der Waals surface area contributed by atoms with Gasteiger partial charge in [0, 0.05) is 5.69 Å². The first-order valence-electron chi connectivity index (χ1n) is 6.35. The van der Waals surface area contributed by atoms with Crippen LogP contribution in [0.25, 0.3) is 0 Å². The molecule has 2 N–H and O–H groups in total. The number of ether oxygens (including phenoxy) is 1. The van der Waals surface area contributed by atoms with Crippen molar-refractivity contribution in [1.29, 1.82) is 0 Å². The van der Waals surface area contributed by atoms with Crippen LogP contribution in [0.1, 0.15) is 26.5 Å². The second-order valence-electron chi connectivity index (χ2n) is 5.07. The lowest BCUT2D eigenvalue weighted by atomic mass is 10.1. The molecule has 9 heteroatoms. The third-order valence-electron chi connectivity index (χ3n) is 3.00. The van der Waals surface area contributed by atoms with Gasteiger partial charge in [0.05, 0.1) is 0 Å². The van der Waals surface area contributed by atoms with Crippen LogP contribution in [0.4, 0.5) is 5.82 Å². The molecule has 1 aromatic rings. The Kier molecular flexibility index (Phi) is 4.08. The number of pyridine rings is 1. The van der Waals surface area contributed by atoms with Crippen LogP contribution >= 0.6 is 7.82 Å². The monoisotopic (exact) mass is 316 g/mol. The molecular weight excluding hydrogens is 299 g/mol. The van der Waals surface area contributed by atoms with Crippen molar-refractivity contribution in [1.82, 2.24) is 4.98 Å². The molecule has 116 valence electrons. The Labute approximate surface area is 121 Å². The van der Waals surface area contributed by atoms with Crippen molar-refractivity contribution in [2.24, 2.45) is 0 Å². The van der Waals surface area contributed by atoms with Gasteiger partial charge in [-0.15, -0.1) is 0 Å². The molecule has 0 bridgehead atoms. The third kappa shape index (κ3) is 3.41. The second kappa shape index (κ2) is 5.38. The Balaban J connectivity index is 2.41. The molecule has 0 saturated carbocycles. The van der Waals surface area contributed by atoms with E-state index in [1.807, 2.05) is 6.92 Å². The lowest BCUT2D eigenvalue weighted by molar-refractivity contribution is -0.133. The summed E-state index contributed by atoms with van der Waals surface area (Å²) in [5.41, 5.74) is -0.438. The van der Waals surface area contributed by atoms with Crippen LogP contribution in [-0.2, 0) is 20.3 Å². The van der Waals surface area contributed by atoms with Gasteiger partial charge in [0.25, 0.3) is 5.91 Å². The highest BCUT2D eigenvalue weighted by atomic mass is 31.2. The summed E-state index contributed by atoms with van der Waals surface area (Å²) in [5, 5.41) is 0. The first kappa shape index (κ1) is 15.9. The Morgan fingerprint density at radius 3 is 2.67 bits per heavy atom. The van der Waals surface area contributed by atoms with E-state index in [0.29, 0.717) is 12.2 Å². The van der Waals surface area contributed by atoms with E-state index in [9.17, 15) is 9.36 Å². The summed E-state index contributed by atoms with van der Waals surface area (Å²) in [5.74, 6) is 0.0856. The molecule has 1 aliphatic rings. The van der Waals surface area contributed by atoms with Gasteiger partial charge in [0.2, 0.25) is 0 Å². The molecule has 0 radical (unpaired) electrons. The fourth-order valence-electron chi connectivity index (χ4n) is 1.94. The van der Waals surface area contributed by atoms with Crippen LogP contribution in [0, 0.1) is 0 Å². The van der Waals surface area contributed by atoms with E-state index in [0.717, 1.165) is 10.6 Å². The van der Waals surface area contributed by atoms with E-state index in [4.69, 9.17) is 14.5 Å². The SMILES string of the molecule is CCc1ccc2c(n1)N(COP(=O)(O)O)C(=O)C(C)(C)O2. The smallest absolute Gasteiger partial charge is 0.471 e. The number of rotatable bonds is 4. The van der Waals surface area contributed by atoms with Gasteiger partial charge in [0.1, 0.15) is 6.73 Å². The van der Waals surface area contributed by atoms with E-state index in [-0.39, 0.29) is 5.82 Å². The van der Waals surface area contributed by atoms with Gasteiger partial charge >= 0.3 is 7.82 Å². The number of carbonyl (C=O) groups is 1. The fourth-order valence-corrected chi connectivity index (χ4v) is 2.20. The highest BCUT2D eigenvalue weighted by molar-refractivity contribution is 7.46. The summed E-state index contributed by atoms with van der Waals surface area (Å²) >= 11 is 0. The van der Waals surface area contributed by atoms with Gasteiger partial charge in [-0.05, 0) is 32.4 Å². The van der Waals surface area contributed by atoms with Crippen LogP contribution in [0.5, 0.6) is 5.75 Å². The van der Waals surface area contributed by atoms with Crippen LogP contribution in [0.15, 0.2) is 12.1 Å². The number of anilines is 1. The van der Waals surface area contributed by atoms with Crippen LogP contribution in [0.2, 0.25) is 0 Å². The highest BCUT2D eigenvalue weighted by Crippen LogP contribution is 2.40. The molecule has 1 aromatic heterocycles. The lowest BCUT2D eigenvalue weighted by Crippen LogP contribution is -2.53. The minimum Gasteiger partial charge on any atom is -0.474 e. The molecule has 0 unspecified atom stereocenters. The summed E-state index contributed by atoms with van der Waals surface area (Å²) in [6.45, 7) is 4.44. The second-order valence-corrected chi connectivity index (χ2v) is 6.31. The zero-order valence-corrected chi connectivity index (χ0v) is 12.8. The van der Waals surface area contributed by atoms with Gasteiger partial charge < -0.3 is 14.5 Å². The normalized spacial score (nSPS) is 17.4. The number of nitrogens with zero attached hydrogens (tertiary/aromatic N) is 2. The number of fused-ring (bicyclic) bond motifs is 1. The first-order chi connectivity index (χ1) is 9.64. The zero-order chi connectivity index (χ0) is 15.8. The molecule has 0 saturated heterocycles. The number of phosphoric acid groups is 1. The number of amides is 1. The summed E-state index contributed by atoms with van der Waals surface area (Å²) in [6.07, 6.45) is 0.651. The van der Waals surface area contributed by atoms with Crippen LogP contribution < -0.4 is 9.64 Å². The molecule has 8 nitrogen and oxygen atoms in total. The summed E-state index contributed by atoms with van der Waals surface area (Å²) in [4.78, 5) is 35.3. The molecule has 2 rings (SSSR count). The maximum Gasteiger partial charge on any atom is 0.471 e. The van der Waals surface area contributed by atoms with Crippen molar-refractivity contribution >= 4 is 19.5 Å². The maximum absolute atomic E-state index is 12.4. The molecule has 0 fully saturated rings. The topological polar surface area (TPSA) is 109 Å². The van der Waals surface area contributed by atoms with Crippen molar-refractivity contribution in [3.05, 3.63) is 17.8 Å². The van der Waals surface area contributed by atoms with Crippen molar-refractivity contribution in [2.45, 2.75) is 32.8 Å². The van der Waals surface area contributed by atoms with E-state index < -0.39 is 26.1 Å². The molecule has 21 heavy (non-hydrogen) atoms. The number of aryl methyl sites for hydroxylation is 1. The van der Waals surface area contributed by atoms with E-state index in [1.54, 1.807) is 26.0 Å². The number of phosphoric ester groups is 1. The molecule has 0 atom stereocenters. The molecule has 0 spiro atoms. The molecule has 2 heterocycles. The lowest BCUT2D eigenvalue weighted by Gasteiger charge is -2.37. The zero-order valence-electron chi connectivity index (χ0n) is 11.9. The van der Waals surface area contributed by atoms with Gasteiger partial charge in [-0.25, -0.2) is 9.55 Å². The van der Waals surface area contributed by atoms with Gasteiger partial charge in [-0.3, -0.25) is 14.2 Å². The predicted octanol–water partition coefficient (Wildman–Crippen LogP) is 1.21. The van der Waals surface area contributed by atoms with Crippen LogP contribution in [-0.4, -0.2) is 33.0 Å². The van der Waals surface area contributed by atoms with Gasteiger partial charge in [-0.2, -0.15) is 0 Å². The van der Waals surface area contributed by atoms with Gasteiger partial charge in [-0.1, -0.05) is 6.92 Å². The molecule has 0 aliphatic carbocycles. The summed E-state index contributed by atoms with van der Waals surface area (Å²) < 4.78 is 20.9. The minimum absolute atomic E-state index is 0.201. The maximum atomic E-state index is 12.4. The summed E-state index contributed by atoms with van der Waals surface area (Å²) in [7, 11) is -4.69. The summed E-state index contributed by atoms with van der Waals surface area (Å²) in [6, 6.07) is 3.45. The molecular formula is C12H17N2O6P. The first-order valence-corrected chi connectivity index (χ1v) is 7.88. The average Bonchev–Trinajstić information content (AvgIpc) is 2.37. The van der Waals surface area contributed by atoms with Crippen LogP contribution in [0.3, 0.4) is 0 Å². The third-order valence-corrected chi connectivity index (χ3v) is 3.45. The number of carbonyl (C=O) groups excluding carboxylic acids is 1. The van der Waals surface area contributed by atoms with E-state index >= 15 is 0 Å². The Bertz CT molecular complexity index is 612. The van der Waals surface area contributed by atoms with E-state index in [1.165, 1.54) is 0 Å². The Hall–Kier alpha value is -1.47. The molecule has 0 aromatic carbocycles. The van der Waals surface area contributed by atoms with Crippen molar-refractivity contribution in [3.8, 4) is 5.75 Å². The fraction of sp³-hybridized carbons (Fsp3) is 0.500. The molecule has 1 amide bonds. The number of hydrogen-bond donors (Lipinski definition) is 2. The Morgan fingerprint density at radius 1 is 1.43 bits per heavy atom. The Morgan fingerprint density at radius 2 is 2.10 bits per heavy atom. The average molecular weight is 316 g/mol. The van der Waals surface area contributed by atoms with Gasteiger partial charge in [0.15, 0.2) is 17.2 Å². The van der Waals surface area contributed by atoms with E-state index in [2.05, 4.69) is 9.51 Å². The highest BCUT2D eigenvalue weighted by Gasteiger charge is 2.42. The standard InChI is InChI=1S/C12H17N2O6P/c1-4-8-5-6-9-10(13-8)14(7-19-21(16,17)18)11(15)12(2,3)20-9/h5-6H,4,7H2,1-3H3,(H2,16,17,18). The van der Waals surface area contributed by atoms with Crippen molar-refractivity contribution in [2.75, 3.05) is 11.6 Å². The largest absolute Gasteiger partial charge is 0.474 e. The van der Waals surface area contributed by atoms with Crippen molar-refractivity contribution in [3.63, 3.8) is 0 Å². The quantitative estimate of drug-likeness (QED) is 0.804. The number of hydrogen-bond acceptors (Lipinski definition) is 5. The molecule has 1 aliphatic heterocycles. The minimum atomic E-state index is -4.69.